The summed E-state index contributed by atoms with van der Waals surface area (Å²) >= 11 is 0. The minimum absolute atomic E-state index is 0.0182. The maximum absolute atomic E-state index is 12.2. The molecule has 0 saturated heterocycles. The highest BCUT2D eigenvalue weighted by Gasteiger charge is 2.23. The number of aromatic nitrogens is 1. The summed E-state index contributed by atoms with van der Waals surface area (Å²) in [6.45, 7) is 13.3. The summed E-state index contributed by atoms with van der Waals surface area (Å²) in [7, 11) is 0. The van der Waals surface area contributed by atoms with Gasteiger partial charge in [-0.1, -0.05) is 0 Å². The summed E-state index contributed by atoms with van der Waals surface area (Å²) in [5, 5.41) is 2.73. The second-order valence-electron chi connectivity index (χ2n) is 5.96. The molecule has 0 fully saturated rings. The molecule has 0 aliphatic rings. The standard InChI is InChI=1S/C16H26N2O3/c1-9(2)17-15(19)13(7)21-16(20)14-8-11(5)18(10(3)4)12(14)6/h8-10,13H,1-7H3,(H,17,19)/t13-/m1/s1. The van der Waals surface area contributed by atoms with Crippen LogP contribution in [0.15, 0.2) is 6.07 Å². The van der Waals surface area contributed by atoms with Crippen LogP contribution in [0, 0.1) is 13.8 Å². The average molecular weight is 294 g/mol. The van der Waals surface area contributed by atoms with Gasteiger partial charge in [-0.2, -0.15) is 0 Å². The highest BCUT2D eigenvalue weighted by atomic mass is 16.5. The van der Waals surface area contributed by atoms with Crippen molar-refractivity contribution in [2.75, 3.05) is 0 Å². The van der Waals surface area contributed by atoms with Crippen LogP contribution in [-0.2, 0) is 9.53 Å². The number of amides is 1. The molecule has 118 valence electrons. The molecule has 0 aliphatic heterocycles. The minimum Gasteiger partial charge on any atom is -0.449 e. The lowest BCUT2D eigenvalue weighted by Crippen LogP contribution is -2.39. The summed E-state index contributed by atoms with van der Waals surface area (Å²) in [4.78, 5) is 24.0. The summed E-state index contributed by atoms with van der Waals surface area (Å²) in [6, 6.07) is 2.10. The highest BCUT2D eigenvalue weighted by Crippen LogP contribution is 2.21. The number of rotatable bonds is 5. The van der Waals surface area contributed by atoms with Gasteiger partial charge < -0.3 is 14.6 Å². The first-order valence-electron chi connectivity index (χ1n) is 7.34. The Labute approximate surface area is 126 Å². The third-order valence-corrected chi connectivity index (χ3v) is 3.30. The van der Waals surface area contributed by atoms with Crippen LogP contribution >= 0.6 is 0 Å². The van der Waals surface area contributed by atoms with Crippen LogP contribution in [-0.4, -0.2) is 28.6 Å². The summed E-state index contributed by atoms with van der Waals surface area (Å²) in [5.74, 6) is -0.738. The predicted molar refractivity (Wildman–Crippen MR) is 82.4 cm³/mol. The Bertz CT molecular complexity index is 530. The Morgan fingerprint density at radius 2 is 1.71 bits per heavy atom. The monoisotopic (exact) mass is 294 g/mol. The Morgan fingerprint density at radius 1 is 1.14 bits per heavy atom. The number of ether oxygens (including phenoxy) is 1. The number of hydrogen-bond donors (Lipinski definition) is 1. The molecule has 5 nitrogen and oxygen atoms in total. The van der Waals surface area contributed by atoms with E-state index in [0.29, 0.717) is 5.56 Å². The van der Waals surface area contributed by atoms with Crippen molar-refractivity contribution in [3.8, 4) is 0 Å². The Hall–Kier alpha value is -1.78. The Kier molecular flexibility index (Phi) is 5.58. The quantitative estimate of drug-likeness (QED) is 0.849. The Balaban J connectivity index is 2.86. The fourth-order valence-electron chi connectivity index (χ4n) is 2.46. The van der Waals surface area contributed by atoms with E-state index in [-0.39, 0.29) is 18.0 Å². The van der Waals surface area contributed by atoms with Crippen molar-refractivity contribution in [3.63, 3.8) is 0 Å². The van der Waals surface area contributed by atoms with Crippen molar-refractivity contribution < 1.29 is 14.3 Å². The SMILES string of the molecule is Cc1cc(C(=O)O[C@H](C)C(=O)NC(C)C)c(C)n1C(C)C. The van der Waals surface area contributed by atoms with Crippen molar-refractivity contribution in [2.24, 2.45) is 0 Å². The first-order chi connectivity index (χ1) is 9.65. The number of carbonyl (C=O) groups excluding carboxylic acids is 2. The van der Waals surface area contributed by atoms with Gasteiger partial charge >= 0.3 is 5.97 Å². The molecule has 1 heterocycles. The summed E-state index contributed by atoms with van der Waals surface area (Å²) < 4.78 is 7.34. The number of hydrogen-bond acceptors (Lipinski definition) is 3. The largest absolute Gasteiger partial charge is 0.449 e. The third-order valence-electron chi connectivity index (χ3n) is 3.30. The zero-order valence-electron chi connectivity index (χ0n) is 14.0. The molecule has 0 spiro atoms. The lowest BCUT2D eigenvalue weighted by molar-refractivity contribution is -0.129. The van der Waals surface area contributed by atoms with E-state index in [1.54, 1.807) is 6.92 Å². The molecule has 1 aromatic heterocycles. The van der Waals surface area contributed by atoms with Crippen LogP contribution in [0.3, 0.4) is 0 Å². The first kappa shape index (κ1) is 17.3. The summed E-state index contributed by atoms with van der Waals surface area (Å²) in [6.07, 6.45) is -0.804. The number of aryl methyl sites for hydroxylation is 1. The van der Waals surface area contributed by atoms with Crippen molar-refractivity contribution in [3.05, 3.63) is 23.0 Å². The van der Waals surface area contributed by atoms with Gasteiger partial charge in [0.15, 0.2) is 6.10 Å². The van der Waals surface area contributed by atoms with Crippen molar-refractivity contribution in [1.82, 2.24) is 9.88 Å². The topological polar surface area (TPSA) is 60.3 Å². The molecule has 5 heteroatoms. The lowest BCUT2D eigenvalue weighted by atomic mass is 10.2. The number of carbonyl (C=O) groups is 2. The molecule has 1 amide bonds. The van der Waals surface area contributed by atoms with E-state index >= 15 is 0 Å². The average Bonchev–Trinajstić information content (AvgIpc) is 2.63. The maximum Gasteiger partial charge on any atom is 0.340 e. The van der Waals surface area contributed by atoms with E-state index in [0.717, 1.165) is 11.4 Å². The van der Waals surface area contributed by atoms with Crippen LogP contribution in [0.25, 0.3) is 0 Å². The first-order valence-corrected chi connectivity index (χ1v) is 7.34. The van der Waals surface area contributed by atoms with Gasteiger partial charge in [-0.05, 0) is 54.5 Å². The molecule has 1 atom stereocenters. The van der Waals surface area contributed by atoms with Gasteiger partial charge in [0, 0.05) is 23.5 Å². The number of nitrogens with zero attached hydrogens (tertiary/aromatic N) is 1. The van der Waals surface area contributed by atoms with Crippen molar-refractivity contribution in [1.29, 1.82) is 0 Å². The lowest BCUT2D eigenvalue weighted by Gasteiger charge is -2.16. The fourth-order valence-corrected chi connectivity index (χ4v) is 2.46. The van der Waals surface area contributed by atoms with Crippen LogP contribution < -0.4 is 5.32 Å². The second kappa shape index (κ2) is 6.78. The number of esters is 1. The Morgan fingerprint density at radius 3 is 2.14 bits per heavy atom. The van der Waals surface area contributed by atoms with E-state index < -0.39 is 12.1 Å². The van der Waals surface area contributed by atoms with Crippen LogP contribution in [0.4, 0.5) is 0 Å². The zero-order valence-corrected chi connectivity index (χ0v) is 14.0. The molecule has 1 rings (SSSR count). The highest BCUT2D eigenvalue weighted by molar-refractivity contribution is 5.93. The molecule has 0 radical (unpaired) electrons. The van der Waals surface area contributed by atoms with Gasteiger partial charge in [-0.15, -0.1) is 0 Å². The van der Waals surface area contributed by atoms with E-state index in [1.165, 1.54) is 0 Å². The van der Waals surface area contributed by atoms with Crippen LogP contribution in [0.2, 0.25) is 0 Å². The van der Waals surface area contributed by atoms with E-state index in [4.69, 9.17) is 4.74 Å². The molecule has 0 bridgehead atoms. The molecule has 21 heavy (non-hydrogen) atoms. The third kappa shape index (κ3) is 4.09. The number of nitrogens with one attached hydrogen (secondary N) is 1. The van der Waals surface area contributed by atoms with Gasteiger partial charge in [0.2, 0.25) is 0 Å². The zero-order chi connectivity index (χ0) is 16.3. The molecule has 0 saturated carbocycles. The van der Waals surface area contributed by atoms with Gasteiger partial charge in [-0.25, -0.2) is 4.79 Å². The molecule has 1 aromatic rings. The molecular weight excluding hydrogens is 268 g/mol. The molecule has 0 aliphatic carbocycles. The van der Waals surface area contributed by atoms with Gasteiger partial charge in [0.25, 0.3) is 5.91 Å². The minimum atomic E-state index is -0.804. The van der Waals surface area contributed by atoms with Gasteiger partial charge in [-0.3, -0.25) is 4.79 Å². The van der Waals surface area contributed by atoms with Gasteiger partial charge in [0.05, 0.1) is 5.56 Å². The summed E-state index contributed by atoms with van der Waals surface area (Å²) in [5.41, 5.74) is 2.39. The van der Waals surface area contributed by atoms with Crippen molar-refractivity contribution >= 4 is 11.9 Å². The smallest absolute Gasteiger partial charge is 0.340 e. The fraction of sp³-hybridized carbons (Fsp3) is 0.625. The predicted octanol–water partition coefficient (Wildman–Crippen LogP) is 2.76. The van der Waals surface area contributed by atoms with E-state index in [2.05, 4.69) is 23.7 Å². The van der Waals surface area contributed by atoms with E-state index in [1.807, 2.05) is 33.8 Å². The maximum atomic E-state index is 12.2. The van der Waals surface area contributed by atoms with Crippen molar-refractivity contribution in [2.45, 2.75) is 66.7 Å². The molecule has 0 unspecified atom stereocenters. The van der Waals surface area contributed by atoms with E-state index in [9.17, 15) is 9.59 Å². The van der Waals surface area contributed by atoms with Crippen LogP contribution in [0.5, 0.6) is 0 Å². The van der Waals surface area contributed by atoms with Gasteiger partial charge in [0.1, 0.15) is 0 Å². The second-order valence-corrected chi connectivity index (χ2v) is 5.96. The van der Waals surface area contributed by atoms with Crippen LogP contribution in [0.1, 0.15) is 62.4 Å². The molecule has 0 aromatic carbocycles. The normalized spacial score (nSPS) is 12.6. The molecular formula is C16H26N2O3. The molecule has 1 N–H and O–H groups in total.